The van der Waals surface area contributed by atoms with Gasteiger partial charge in [-0.15, -0.1) is 0 Å². The van der Waals surface area contributed by atoms with Crippen LogP contribution in [0.2, 0.25) is 0 Å². The summed E-state index contributed by atoms with van der Waals surface area (Å²) in [4.78, 5) is 0. The monoisotopic (exact) mass is 251 g/mol. The normalized spacial score (nSPS) is 9.44. The standard InChI is InChI=1S/C6H6INS/c1-2-6-4-3-5-8(6)9-7/h2-5H,1H2. The molecule has 0 radical (unpaired) electrons. The van der Waals surface area contributed by atoms with Crippen LogP contribution in [0.1, 0.15) is 5.69 Å². The summed E-state index contributed by atoms with van der Waals surface area (Å²) in [5.41, 5.74) is 1.15. The van der Waals surface area contributed by atoms with Crippen molar-refractivity contribution in [2.45, 2.75) is 0 Å². The third-order valence-corrected chi connectivity index (χ3v) is 2.78. The summed E-state index contributed by atoms with van der Waals surface area (Å²) in [5, 5.41) is 0. The summed E-state index contributed by atoms with van der Waals surface area (Å²) >= 11 is 2.23. The summed E-state index contributed by atoms with van der Waals surface area (Å²) in [6.45, 7) is 3.67. The molecule has 1 nitrogen and oxygen atoms in total. The zero-order chi connectivity index (χ0) is 6.69. The number of hydrogen-bond donors (Lipinski definition) is 0. The molecule has 0 bridgehead atoms. The topological polar surface area (TPSA) is 4.93 Å². The Hall–Kier alpha value is 0.100. The highest BCUT2D eigenvalue weighted by Crippen LogP contribution is 2.18. The second-order valence-corrected chi connectivity index (χ2v) is 3.25. The molecule has 0 saturated heterocycles. The molecule has 0 aliphatic rings. The van der Waals surface area contributed by atoms with Gasteiger partial charge in [-0.1, -0.05) is 6.58 Å². The minimum absolute atomic E-state index is 1.15. The van der Waals surface area contributed by atoms with E-state index < -0.39 is 0 Å². The lowest BCUT2D eigenvalue weighted by Gasteiger charge is -1.95. The average Bonchev–Trinajstić information content (AvgIpc) is 2.33. The second-order valence-electron chi connectivity index (χ2n) is 1.53. The third kappa shape index (κ3) is 1.52. The van der Waals surface area contributed by atoms with Gasteiger partial charge in [-0.05, 0) is 18.2 Å². The molecule has 0 aromatic carbocycles. The van der Waals surface area contributed by atoms with E-state index in [9.17, 15) is 0 Å². The Balaban J connectivity index is 2.98. The lowest BCUT2D eigenvalue weighted by Crippen LogP contribution is -1.79. The fourth-order valence-corrected chi connectivity index (χ4v) is 2.01. The first-order valence-electron chi connectivity index (χ1n) is 2.47. The first-order chi connectivity index (χ1) is 4.38. The Morgan fingerprint density at radius 1 is 1.78 bits per heavy atom. The maximum Gasteiger partial charge on any atom is 0.0520 e. The van der Waals surface area contributed by atoms with Gasteiger partial charge in [-0.2, -0.15) is 0 Å². The molecule has 0 unspecified atom stereocenters. The smallest absolute Gasteiger partial charge is 0.0520 e. The van der Waals surface area contributed by atoms with Crippen LogP contribution in [-0.2, 0) is 0 Å². The zero-order valence-electron chi connectivity index (χ0n) is 4.75. The van der Waals surface area contributed by atoms with E-state index in [4.69, 9.17) is 0 Å². The lowest BCUT2D eigenvalue weighted by atomic mass is 10.4. The molecule has 9 heavy (non-hydrogen) atoms. The molecule has 3 heteroatoms. The number of rotatable bonds is 2. The van der Waals surface area contributed by atoms with Gasteiger partial charge < -0.3 is 0 Å². The summed E-state index contributed by atoms with van der Waals surface area (Å²) in [5.74, 6) is 0. The van der Waals surface area contributed by atoms with E-state index in [2.05, 4.69) is 27.8 Å². The van der Waals surface area contributed by atoms with Crippen molar-refractivity contribution in [1.29, 1.82) is 0 Å². The molecular weight excluding hydrogens is 245 g/mol. The fourth-order valence-electron chi connectivity index (χ4n) is 0.600. The van der Waals surface area contributed by atoms with E-state index in [0.29, 0.717) is 0 Å². The van der Waals surface area contributed by atoms with Crippen LogP contribution in [0.5, 0.6) is 0 Å². The fraction of sp³-hybridized carbons (Fsp3) is 0. The largest absolute Gasteiger partial charge is 0.283 e. The first kappa shape index (κ1) is 7.21. The summed E-state index contributed by atoms with van der Waals surface area (Å²) in [7, 11) is 1.64. The molecule has 1 aromatic heterocycles. The van der Waals surface area contributed by atoms with Crippen molar-refractivity contribution in [2.24, 2.45) is 0 Å². The van der Waals surface area contributed by atoms with Crippen LogP contribution >= 0.6 is 30.3 Å². The lowest BCUT2D eigenvalue weighted by molar-refractivity contribution is 1.28. The Bertz CT molecular complexity index is 207. The molecule has 0 amide bonds. The first-order valence-corrected chi connectivity index (χ1v) is 5.79. The Morgan fingerprint density at radius 3 is 3.00 bits per heavy atom. The minimum Gasteiger partial charge on any atom is -0.283 e. The van der Waals surface area contributed by atoms with Gasteiger partial charge in [0.15, 0.2) is 0 Å². The van der Waals surface area contributed by atoms with Crippen LogP contribution in [0, 0.1) is 0 Å². The van der Waals surface area contributed by atoms with E-state index in [1.807, 2.05) is 28.4 Å². The molecule has 0 N–H and O–H groups in total. The Morgan fingerprint density at radius 2 is 2.56 bits per heavy atom. The van der Waals surface area contributed by atoms with E-state index in [1.165, 1.54) is 0 Å². The van der Waals surface area contributed by atoms with Gasteiger partial charge in [0.2, 0.25) is 0 Å². The molecule has 0 fully saturated rings. The van der Waals surface area contributed by atoms with Crippen molar-refractivity contribution in [1.82, 2.24) is 3.97 Å². The Kier molecular flexibility index (Phi) is 2.65. The number of halogens is 1. The summed E-state index contributed by atoms with van der Waals surface area (Å²) in [6.07, 6.45) is 3.85. The van der Waals surface area contributed by atoms with E-state index in [1.54, 1.807) is 9.12 Å². The van der Waals surface area contributed by atoms with Crippen molar-refractivity contribution in [3.05, 3.63) is 30.6 Å². The van der Waals surface area contributed by atoms with E-state index >= 15 is 0 Å². The highest BCUT2D eigenvalue weighted by atomic mass is 127. The van der Waals surface area contributed by atoms with Crippen LogP contribution in [0.3, 0.4) is 0 Å². The molecule has 1 aromatic rings. The van der Waals surface area contributed by atoms with Gasteiger partial charge in [-0.25, -0.2) is 0 Å². The number of nitrogens with zero attached hydrogens (tertiary/aromatic N) is 1. The molecule has 0 aliphatic heterocycles. The molecule has 1 heterocycles. The van der Waals surface area contributed by atoms with Gasteiger partial charge in [0, 0.05) is 36.5 Å². The predicted octanol–water partition coefficient (Wildman–Crippen LogP) is 2.98. The molecule has 0 spiro atoms. The van der Waals surface area contributed by atoms with Crippen LogP contribution in [0.15, 0.2) is 24.9 Å². The zero-order valence-corrected chi connectivity index (χ0v) is 7.72. The SMILES string of the molecule is C=Cc1cccn1SI. The molecule has 0 aliphatic carbocycles. The van der Waals surface area contributed by atoms with E-state index in [0.717, 1.165) is 5.69 Å². The highest BCUT2D eigenvalue weighted by Gasteiger charge is 1.91. The Labute approximate surface area is 70.9 Å². The van der Waals surface area contributed by atoms with Crippen molar-refractivity contribution in [2.75, 3.05) is 0 Å². The van der Waals surface area contributed by atoms with Gasteiger partial charge in [0.25, 0.3) is 0 Å². The third-order valence-electron chi connectivity index (χ3n) is 1.03. The maximum atomic E-state index is 3.67. The van der Waals surface area contributed by atoms with Crippen LogP contribution in [0.25, 0.3) is 6.08 Å². The van der Waals surface area contributed by atoms with Crippen LogP contribution in [-0.4, -0.2) is 3.97 Å². The van der Waals surface area contributed by atoms with Gasteiger partial charge in [-0.3, -0.25) is 3.97 Å². The number of aromatic nitrogens is 1. The van der Waals surface area contributed by atoms with Gasteiger partial charge in [0.05, 0.1) is 5.69 Å². The molecule has 0 atom stereocenters. The van der Waals surface area contributed by atoms with Crippen molar-refractivity contribution in [3.8, 4) is 0 Å². The maximum absolute atomic E-state index is 3.67. The summed E-state index contributed by atoms with van der Waals surface area (Å²) < 4.78 is 2.05. The molecule has 48 valence electrons. The second kappa shape index (κ2) is 3.31. The molecular formula is C6H6INS. The summed E-state index contributed by atoms with van der Waals surface area (Å²) in [6, 6.07) is 4.03. The molecule has 1 rings (SSSR count). The highest BCUT2D eigenvalue weighted by molar-refractivity contribution is 14.2. The number of hydrogen-bond acceptors (Lipinski definition) is 1. The average molecular weight is 251 g/mol. The quantitative estimate of drug-likeness (QED) is 0.731. The van der Waals surface area contributed by atoms with E-state index in [-0.39, 0.29) is 0 Å². The predicted molar refractivity (Wildman–Crippen MR) is 51.5 cm³/mol. The van der Waals surface area contributed by atoms with Crippen LogP contribution in [0.4, 0.5) is 0 Å². The van der Waals surface area contributed by atoms with Crippen molar-refractivity contribution >= 4 is 36.4 Å². The van der Waals surface area contributed by atoms with Crippen molar-refractivity contribution < 1.29 is 0 Å². The minimum atomic E-state index is 1.15. The van der Waals surface area contributed by atoms with Crippen LogP contribution < -0.4 is 0 Å². The van der Waals surface area contributed by atoms with Gasteiger partial charge >= 0.3 is 0 Å². The molecule has 0 saturated carbocycles. The van der Waals surface area contributed by atoms with Crippen molar-refractivity contribution in [3.63, 3.8) is 0 Å². The van der Waals surface area contributed by atoms with Gasteiger partial charge in [0.1, 0.15) is 0 Å².